The van der Waals surface area contributed by atoms with Crippen LogP contribution in [0.2, 0.25) is 10.0 Å². The van der Waals surface area contributed by atoms with Crippen LogP contribution in [0.15, 0.2) is 75.4 Å². The van der Waals surface area contributed by atoms with Gasteiger partial charge in [0.25, 0.3) is 5.91 Å². The van der Waals surface area contributed by atoms with Crippen LogP contribution in [0.25, 0.3) is 5.57 Å². The predicted octanol–water partition coefficient (Wildman–Crippen LogP) is 6.36. The lowest BCUT2D eigenvalue weighted by molar-refractivity contribution is -0.112. The summed E-state index contributed by atoms with van der Waals surface area (Å²) in [5.41, 5.74) is 9.11. The molecule has 0 bridgehead atoms. The van der Waals surface area contributed by atoms with Crippen LogP contribution in [0.5, 0.6) is 0 Å². The molecule has 0 aromatic heterocycles. The second-order valence-corrected chi connectivity index (χ2v) is 8.75. The van der Waals surface area contributed by atoms with Gasteiger partial charge in [0.1, 0.15) is 5.04 Å². The largest absolute Gasteiger partial charge is 0.366 e. The third kappa shape index (κ3) is 4.59. The minimum absolute atomic E-state index is 0.281. The fourth-order valence-electron chi connectivity index (χ4n) is 3.25. The van der Waals surface area contributed by atoms with Gasteiger partial charge in [-0.3, -0.25) is 9.80 Å². The molecule has 0 fully saturated rings. The molecule has 2 aromatic carbocycles. The molecule has 156 valence electrons. The number of halogens is 2. The van der Waals surface area contributed by atoms with E-state index in [0.717, 1.165) is 27.5 Å². The van der Waals surface area contributed by atoms with Crippen LogP contribution in [0.1, 0.15) is 32.8 Å². The maximum atomic E-state index is 12.6. The highest BCUT2D eigenvalue weighted by Gasteiger charge is 2.29. The van der Waals surface area contributed by atoms with Gasteiger partial charge in [0.2, 0.25) is 0 Å². The van der Waals surface area contributed by atoms with Crippen LogP contribution >= 0.6 is 35.0 Å². The van der Waals surface area contributed by atoms with E-state index in [-0.39, 0.29) is 5.57 Å². The Balaban J connectivity index is 2.21. The Morgan fingerprint density at radius 3 is 2.23 bits per heavy atom. The molecule has 4 nitrogen and oxygen atoms in total. The standard InChI is InChI=1S/C23H23Cl2N3OS/c1-4-13-28-21(20(22(26)29)19-17(24)11-8-12-18(19)25)14(2)15(3)23(27-28)30-16-9-6-5-7-10-16/h5-12H,4,13H2,1-3H3,(H2,26,29)/b21-20-. The molecule has 0 saturated heterocycles. The number of amides is 1. The second-order valence-electron chi connectivity index (χ2n) is 6.88. The van der Waals surface area contributed by atoms with E-state index >= 15 is 0 Å². The summed E-state index contributed by atoms with van der Waals surface area (Å²) in [4.78, 5) is 13.7. The van der Waals surface area contributed by atoms with Gasteiger partial charge in [-0.15, -0.1) is 0 Å². The summed E-state index contributed by atoms with van der Waals surface area (Å²) in [6, 6.07) is 15.2. The number of hydrogen-bond donors (Lipinski definition) is 1. The molecule has 3 rings (SSSR count). The average Bonchev–Trinajstić information content (AvgIpc) is 2.71. The fraction of sp³-hybridized carbons (Fsp3) is 0.217. The molecule has 7 heteroatoms. The first-order valence-corrected chi connectivity index (χ1v) is 11.2. The van der Waals surface area contributed by atoms with Gasteiger partial charge >= 0.3 is 0 Å². The normalized spacial score (nSPS) is 15.9. The zero-order valence-electron chi connectivity index (χ0n) is 17.1. The number of primary amides is 1. The van der Waals surface area contributed by atoms with E-state index in [1.165, 1.54) is 0 Å². The molecule has 2 aromatic rings. The van der Waals surface area contributed by atoms with Crippen molar-refractivity contribution in [3.05, 3.63) is 81.0 Å². The summed E-state index contributed by atoms with van der Waals surface area (Å²) in [5.74, 6) is -0.595. The van der Waals surface area contributed by atoms with Gasteiger partial charge in [-0.25, -0.2) is 0 Å². The van der Waals surface area contributed by atoms with Gasteiger partial charge in [-0.2, -0.15) is 5.10 Å². The van der Waals surface area contributed by atoms with Gasteiger partial charge in [-0.05, 0) is 55.7 Å². The highest BCUT2D eigenvalue weighted by atomic mass is 35.5. The summed E-state index contributed by atoms with van der Waals surface area (Å²) in [5, 5.41) is 8.34. The molecule has 0 saturated carbocycles. The number of thioether (sulfide) groups is 1. The fourth-order valence-corrected chi connectivity index (χ4v) is 4.80. The van der Waals surface area contributed by atoms with Gasteiger partial charge in [0.05, 0.1) is 21.3 Å². The smallest absolute Gasteiger partial charge is 0.251 e. The number of rotatable bonds is 5. The first kappa shape index (κ1) is 22.5. The molecule has 0 spiro atoms. The Morgan fingerprint density at radius 1 is 1.03 bits per heavy atom. The van der Waals surface area contributed by atoms with E-state index in [0.29, 0.717) is 27.9 Å². The average molecular weight is 460 g/mol. The predicted molar refractivity (Wildman–Crippen MR) is 128 cm³/mol. The first-order valence-electron chi connectivity index (χ1n) is 9.60. The number of allylic oxidation sites excluding steroid dienone is 1. The number of carbonyl (C=O) groups is 1. The molecule has 1 heterocycles. The zero-order valence-corrected chi connectivity index (χ0v) is 19.4. The molecule has 0 aliphatic carbocycles. The minimum Gasteiger partial charge on any atom is -0.366 e. The molecule has 1 aliphatic rings. The summed E-state index contributed by atoms with van der Waals surface area (Å²) in [6.45, 7) is 6.66. The van der Waals surface area contributed by atoms with E-state index < -0.39 is 5.91 Å². The second kappa shape index (κ2) is 9.73. The van der Waals surface area contributed by atoms with Crippen molar-refractivity contribution < 1.29 is 4.79 Å². The molecule has 1 amide bonds. The molecule has 0 atom stereocenters. The zero-order chi connectivity index (χ0) is 21.8. The van der Waals surface area contributed by atoms with Gasteiger partial charge in [0.15, 0.2) is 0 Å². The van der Waals surface area contributed by atoms with E-state index in [4.69, 9.17) is 34.0 Å². The number of nitrogens with two attached hydrogens (primary N) is 1. The van der Waals surface area contributed by atoms with Crippen molar-refractivity contribution in [2.45, 2.75) is 32.1 Å². The van der Waals surface area contributed by atoms with Crippen LogP contribution < -0.4 is 5.73 Å². The lowest BCUT2D eigenvalue weighted by Crippen LogP contribution is -2.29. The van der Waals surface area contributed by atoms with Gasteiger partial charge in [-0.1, -0.05) is 66.2 Å². The summed E-state index contributed by atoms with van der Waals surface area (Å²) < 4.78 is 0. The van der Waals surface area contributed by atoms with E-state index in [9.17, 15) is 4.79 Å². The van der Waals surface area contributed by atoms with Crippen molar-refractivity contribution in [1.29, 1.82) is 0 Å². The van der Waals surface area contributed by atoms with Crippen molar-refractivity contribution in [2.24, 2.45) is 10.8 Å². The van der Waals surface area contributed by atoms with E-state index in [1.54, 1.807) is 30.0 Å². The third-order valence-corrected chi connectivity index (χ3v) is 6.52. The van der Waals surface area contributed by atoms with Crippen molar-refractivity contribution in [3.63, 3.8) is 0 Å². The van der Waals surface area contributed by atoms with E-state index in [2.05, 4.69) is 6.92 Å². The quantitative estimate of drug-likeness (QED) is 0.529. The maximum Gasteiger partial charge on any atom is 0.251 e. The number of carbonyl (C=O) groups excluding carboxylic acids is 1. The van der Waals surface area contributed by atoms with Crippen molar-refractivity contribution in [3.8, 4) is 0 Å². The molecule has 0 unspecified atom stereocenters. The van der Waals surface area contributed by atoms with Crippen LogP contribution in [0.3, 0.4) is 0 Å². The lowest BCUT2D eigenvalue weighted by atomic mass is 9.95. The van der Waals surface area contributed by atoms with Crippen LogP contribution in [-0.4, -0.2) is 22.5 Å². The first-order chi connectivity index (χ1) is 14.3. The Bertz CT molecular complexity index is 1040. The Hall–Kier alpha value is -2.21. The molecule has 0 radical (unpaired) electrons. The summed E-state index contributed by atoms with van der Waals surface area (Å²) >= 11 is 14.5. The molecular weight excluding hydrogens is 437 g/mol. The maximum absolute atomic E-state index is 12.6. The number of hydrogen-bond acceptors (Lipinski definition) is 4. The van der Waals surface area contributed by atoms with Crippen LogP contribution in [-0.2, 0) is 4.79 Å². The highest BCUT2D eigenvalue weighted by Crippen LogP contribution is 2.40. The molecular formula is C23H23Cl2N3OS. The topological polar surface area (TPSA) is 58.7 Å². The lowest BCUT2D eigenvalue weighted by Gasteiger charge is -2.31. The molecule has 2 N–H and O–H groups in total. The Kier molecular flexibility index (Phi) is 7.29. The Labute approximate surface area is 191 Å². The third-order valence-electron chi connectivity index (χ3n) is 4.80. The number of nitrogens with zero attached hydrogens (tertiary/aromatic N) is 2. The monoisotopic (exact) mass is 459 g/mol. The Morgan fingerprint density at radius 2 is 1.67 bits per heavy atom. The van der Waals surface area contributed by atoms with Crippen LogP contribution in [0.4, 0.5) is 0 Å². The highest BCUT2D eigenvalue weighted by molar-refractivity contribution is 8.14. The van der Waals surface area contributed by atoms with Crippen LogP contribution in [0, 0.1) is 0 Å². The minimum atomic E-state index is -0.595. The number of hydrazone groups is 1. The molecule has 1 aliphatic heterocycles. The summed E-state index contributed by atoms with van der Waals surface area (Å²) in [7, 11) is 0. The van der Waals surface area contributed by atoms with E-state index in [1.807, 2.05) is 49.2 Å². The van der Waals surface area contributed by atoms with Gasteiger partial charge < -0.3 is 5.73 Å². The van der Waals surface area contributed by atoms with Crippen molar-refractivity contribution >= 4 is 51.5 Å². The number of benzene rings is 2. The molecule has 30 heavy (non-hydrogen) atoms. The summed E-state index contributed by atoms with van der Waals surface area (Å²) in [6.07, 6.45) is 0.838. The van der Waals surface area contributed by atoms with Gasteiger partial charge in [0, 0.05) is 17.0 Å². The SMILES string of the molecule is CCCN1N=C(Sc2ccccc2)C(C)=C(C)/C1=C(/C(N)=O)c1c(Cl)cccc1Cl. The van der Waals surface area contributed by atoms with Crippen molar-refractivity contribution in [2.75, 3.05) is 6.54 Å². The van der Waals surface area contributed by atoms with Crippen molar-refractivity contribution in [1.82, 2.24) is 5.01 Å².